The van der Waals surface area contributed by atoms with Gasteiger partial charge in [-0.1, -0.05) is 125 Å². The number of phenols is 2. The van der Waals surface area contributed by atoms with Gasteiger partial charge in [-0.2, -0.15) is 92.2 Å². The first-order valence-electron chi connectivity index (χ1n) is 38.2. The number of hydrogen-bond donors (Lipinski definition) is 9. The normalized spacial score (nSPS) is 12.4. The predicted octanol–water partition coefficient (Wildman–Crippen LogP) is 29.0. The third-order valence-corrected chi connectivity index (χ3v) is 26.9. The molecule has 0 heterocycles. The highest BCUT2D eigenvalue weighted by molar-refractivity contribution is 7.49. The number of hydrogen-bond acceptors (Lipinski definition) is 16. The summed E-state index contributed by atoms with van der Waals surface area (Å²) in [6.45, 7) is 28.9. The van der Waals surface area contributed by atoms with Gasteiger partial charge in [-0.3, -0.25) is 33.2 Å². The first-order chi connectivity index (χ1) is 60.5. The van der Waals surface area contributed by atoms with Crippen molar-refractivity contribution in [3.8, 4) is 23.0 Å². The smallest absolute Gasteiger partial charge is 0.507 e. The molecule has 0 unspecified atom stereocenters. The van der Waals surface area contributed by atoms with Crippen LogP contribution in [0.4, 0.5) is 115 Å². The molecule has 0 radical (unpaired) electrons. The number of aryl methyl sites for hydroxylation is 1. The van der Waals surface area contributed by atoms with E-state index in [0.717, 1.165) is 60.6 Å². The van der Waals surface area contributed by atoms with Crippen molar-refractivity contribution in [3.05, 3.63) is 232 Å². The number of phenolic OH excluding ortho intramolecular Hbond substituents is 1. The fourth-order valence-corrected chi connectivity index (χ4v) is 16.1. The van der Waals surface area contributed by atoms with Gasteiger partial charge in [0.05, 0.1) is 68.8 Å². The Kier molecular flexibility index (Phi) is 43.5. The molecule has 0 aliphatic carbocycles. The zero-order chi connectivity index (χ0) is 103. The van der Waals surface area contributed by atoms with Crippen molar-refractivity contribution in [3.63, 3.8) is 0 Å². The van der Waals surface area contributed by atoms with Gasteiger partial charge >= 0.3 is 73.1 Å². The van der Waals surface area contributed by atoms with Crippen LogP contribution in [0.2, 0.25) is 123 Å². The van der Waals surface area contributed by atoms with E-state index in [1.807, 2.05) is 10.6 Å². The lowest BCUT2D eigenvalue weighted by atomic mass is 10.1. The predicted molar refractivity (Wildman–Crippen MR) is 475 cm³/mol. The van der Waals surface area contributed by atoms with Crippen LogP contribution in [-0.2, 0) is 75.0 Å². The number of nitrogens with two attached hydrogens (primary N) is 1. The fourth-order valence-electron chi connectivity index (χ4n) is 9.70. The van der Waals surface area contributed by atoms with E-state index < -0.39 is 207 Å². The number of nitrogen functional groups attached to an aromatic ring is 1. The summed E-state index contributed by atoms with van der Waals surface area (Å²) in [4.78, 5) is 65.5. The second-order valence-electron chi connectivity index (χ2n) is 33.2. The summed E-state index contributed by atoms with van der Waals surface area (Å²) in [6, 6.07) is 22.1. The summed E-state index contributed by atoms with van der Waals surface area (Å²) in [5, 5.41) is 32.9. The Hall–Kier alpha value is -8.48. The second kappa shape index (κ2) is 48.7. The minimum absolute atomic E-state index is 0.00310. The standard InChI is InChI=1S/C25H33ClF6NO5PSi2.C15H9ClF6NO5P.C15H8ClF6NO2.C10H26O3PSi2.C8H8F3N.C7H5ClO3/c1-40(2,3)11-9-36-39(35,37-10-12-41(4,5)6)38-22-8-7-19(26)16-21(22)23(34)33-20-14-17(24(27,28)29)13-18(15-20)25(30,31)32;16-9-1-2-12(28-29(25,26)27)11(6-9)13(24)23-10-4-7(14(17,18)19)3-8(5-10)15(20,21)22;16-9-1-2-12(24)11(6-9)13(25)23-10-4-7(14(17,18)19)3-8(5-10)15(20,21)22;1-15(2,3)9-7-12-14(11)13-8-10-16(4,5)6;1-5-2-6(8(9,10)11)4-7(12)3-5;8-4-1-2-6(9)5(3-4)7(10)11/h7-8,13-16H,9-12H2,1-6H3,(H,33,34);1-6H,(H,23,24)(H2,25,26,27);1-6,24H,(H,23,25);7-10H2,1-6H3;2-4H,12H2,1H3;1-3,9H,(H,10,11)/q;;;+1;;. The molecule has 22 nitrogen and oxygen atoms in total. The molecule has 0 spiro atoms. The van der Waals surface area contributed by atoms with Crippen molar-refractivity contribution in [2.24, 2.45) is 0 Å². The van der Waals surface area contributed by atoms with Crippen molar-refractivity contribution in [2.75, 3.05) is 48.1 Å². The van der Waals surface area contributed by atoms with Gasteiger partial charge in [0.25, 0.3) is 17.7 Å². The number of carboxylic acids is 1. The Balaban J connectivity index is 0.000000439. The Labute approximate surface area is 778 Å². The topological polar surface area (TPSA) is 338 Å². The molecule has 0 aliphatic rings. The molecule has 0 atom stereocenters. The Morgan fingerprint density at radius 1 is 0.373 bits per heavy atom. The average molecular weight is 2140 g/mol. The number of alkyl halides is 21. The van der Waals surface area contributed by atoms with E-state index in [-0.39, 0.29) is 81.4 Å². The van der Waals surface area contributed by atoms with Crippen molar-refractivity contribution in [2.45, 2.75) is 153 Å². The van der Waals surface area contributed by atoms with Crippen LogP contribution < -0.4 is 30.7 Å². The molecule has 8 aromatic rings. The van der Waals surface area contributed by atoms with Crippen molar-refractivity contribution in [1.82, 2.24) is 0 Å². The van der Waals surface area contributed by atoms with Gasteiger partial charge in [0.1, 0.15) is 41.8 Å². The maximum atomic E-state index is 13.6. The molecule has 134 heavy (non-hydrogen) atoms. The van der Waals surface area contributed by atoms with E-state index in [1.165, 1.54) is 42.5 Å². The van der Waals surface area contributed by atoms with Gasteiger partial charge in [-0.15, -0.1) is 9.05 Å². The fraction of sp³-hybridized carbons (Fsp3) is 0.350. The van der Waals surface area contributed by atoms with E-state index in [2.05, 4.69) is 83.1 Å². The van der Waals surface area contributed by atoms with E-state index in [9.17, 15) is 130 Å². The highest BCUT2D eigenvalue weighted by Crippen LogP contribution is 2.52. The SMILES string of the molecule is C[Si](C)(C)CCOP(=O)(OCC[Si](C)(C)C)Oc1ccc(Cl)cc1C(=O)Nc1cc(C(F)(F)F)cc(C(F)(F)F)c1.C[Si](C)(C)CCO[P+](=O)OCC[Si](C)(C)C.Cc1cc(N)cc(C(F)(F)F)c1.O=C(Nc1cc(C(F)(F)F)cc(C(F)(F)F)c1)c1cc(Cl)ccc1O.O=C(Nc1cc(C(F)(F)F)cc(C(F)(F)F)c1)c1cc(Cl)ccc1OP(=O)(O)O.O=C(O)c1cc(Cl)ccc1O. The van der Waals surface area contributed by atoms with Gasteiger partial charge in [0.15, 0.2) is 0 Å². The molecule has 8 aromatic carbocycles. The van der Waals surface area contributed by atoms with E-state index in [0.29, 0.717) is 60.2 Å². The molecule has 54 heteroatoms. The minimum atomic E-state index is -5.13. The zero-order valence-electron chi connectivity index (χ0n) is 72.4. The number of amides is 3. The Bertz CT molecular complexity index is 5340. The molecular formula is C80H89Cl4F21N4O18P3Si4+. The van der Waals surface area contributed by atoms with Gasteiger partial charge in [-0.25, -0.2) is 13.9 Å². The van der Waals surface area contributed by atoms with Crippen LogP contribution in [0.3, 0.4) is 0 Å². The Morgan fingerprint density at radius 3 is 0.896 bits per heavy atom. The summed E-state index contributed by atoms with van der Waals surface area (Å²) in [7, 11) is -16.7. The van der Waals surface area contributed by atoms with Gasteiger partial charge in [0.2, 0.25) is 0 Å². The maximum Gasteiger partial charge on any atom is 0.697 e. The number of benzene rings is 8. The third-order valence-electron chi connectivity index (χ3n) is 16.5. The number of carboxylic acid groups (broad SMARTS) is 1. The quantitative estimate of drug-likeness (QED) is 0.00999. The molecule has 0 aliphatic heterocycles. The van der Waals surface area contributed by atoms with Crippen LogP contribution in [0.25, 0.3) is 0 Å². The molecule has 0 saturated carbocycles. The van der Waals surface area contributed by atoms with Crippen LogP contribution in [-0.4, -0.2) is 108 Å². The highest BCUT2D eigenvalue weighted by Gasteiger charge is 2.42. The first kappa shape index (κ1) is 120. The number of anilines is 4. The summed E-state index contributed by atoms with van der Waals surface area (Å²) >= 11 is 22.8. The van der Waals surface area contributed by atoms with Crippen molar-refractivity contribution < 1.29 is 177 Å². The molecule has 8 rings (SSSR count). The largest absolute Gasteiger partial charge is 0.697 e. The molecule has 10 N–H and O–H groups in total. The summed E-state index contributed by atoms with van der Waals surface area (Å²) in [5.74, 6) is -6.64. The number of carbonyl (C=O) groups excluding carboxylic acids is 3. The number of nitrogens with one attached hydrogen (secondary N) is 3. The lowest BCUT2D eigenvalue weighted by Gasteiger charge is -2.23. The number of halogens is 25. The highest BCUT2D eigenvalue weighted by atomic mass is 35.5. The van der Waals surface area contributed by atoms with Crippen LogP contribution >= 0.6 is 70.3 Å². The Morgan fingerprint density at radius 2 is 0.627 bits per heavy atom. The molecule has 0 fully saturated rings. The molecule has 0 bridgehead atoms. The van der Waals surface area contributed by atoms with Crippen LogP contribution in [0.5, 0.6) is 23.0 Å². The number of phosphoric ester groups is 2. The lowest BCUT2D eigenvalue weighted by Crippen LogP contribution is -2.23. The molecular weight excluding hydrogens is 2050 g/mol. The van der Waals surface area contributed by atoms with Crippen LogP contribution in [0.1, 0.15) is 85.9 Å². The minimum Gasteiger partial charge on any atom is -0.507 e. The number of aromatic hydroxyl groups is 2. The van der Waals surface area contributed by atoms with Crippen molar-refractivity contribution >= 4 is 149 Å². The summed E-state index contributed by atoms with van der Waals surface area (Å²) in [6.07, 6.45) is -34.9. The monoisotopic (exact) mass is 2140 g/mol. The van der Waals surface area contributed by atoms with E-state index >= 15 is 0 Å². The zero-order valence-corrected chi connectivity index (χ0v) is 82.1. The summed E-state index contributed by atoms with van der Waals surface area (Å²) < 4.78 is 337. The number of aromatic carboxylic acids is 1. The first-order valence-corrected chi connectivity index (χ1v) is 58.6. The lowest BCUT2D eigenvalue weighted by molar-refractivity contribution is -0.144. The molecule has 742 valence electrons. The van der Waals surface area contributed by atoms with E-state index in [1.54, 1.807) is 12.2 Å². The number of phosphoric acid groups is 2. The van der Waals surface area contributed by atoms with Gasteiger partial charge in [0, 0.05) is 79.7 Å². The van der Waals surface area contributed by atoms with Crippen LogP contribution in [0.15, 0.2) is 146 Å². The molecule has 0 saturated heterocycles. The third kappa shape index (κ3) is 45.7. The second-order valence-corrected chi connectivity index (χ2v) is 61.2. The average Bonchev–Trinajstić information content (AvgIpc) is 0.801. The number of rotatable bonds is 27. The van der Waals surface area contributed by atoms with Gasteiger partial charge in [-0.05, 0) is 182 Å². The number of carbonyl (C=O) groups is 4. The van der Waals surface area contributed by atoms with Crippen LogP contribution in [0, 0.1) is 6.92 Å². The molecule has 0 aromatic heterocycles. The molecule has 3 amide bonds. The van der Waals surface area contributed by atoms with E-state index in [4.69, 9.17) is 94.8 Å². The summed E-state index contributed by atoms with van der Waals surface area (Å²) in [5.41, 5.74) is -8.48. The van der Waals surface area contributed by atoms with Crippen molar-refractivity contribution in [1.29, 1.82) is 0 Å². The van der Waals surface area contributed by atoms with Gasteiger partial charge < -0.3 is 46.1 Å². The maximum absolute atomic E-state index is 13.6.